The molecule has 0 amide bonds. The van der Waals surface area contributed by atoms with Gasteiger partial charge in [-0.15, -0.1) is 6.58 Å². The second-order valence-corrected chi connectivity index (χ2v) is 3.23. The molecular weight excluding hydrogens is 176 g/mol. The normalized spacial score (nSPS) is 12.1. The molecule has 0 saturated heterocycles. The van der Waals surface area contributed by atoms with Crippen molar-refractivity contribution in [2.45, 2.75) is 6.42 Å². The molecule has 1 aromatic rings. The number of hydrogen-bond acceptors (Lipinski definition) is 2. The van der Waals surface area contributed by atoms with Crippen LogP contribution in [0.15, 0.2) is 36.9 Å². The van der Waals surface area contributed by atoms with Gasteiger partial charge in [0.1, 0.15) is 5.75 Å². The summed E-state index contributed by atoms with van der Waals surface area (Å²) >= 11 is 0. The number of ether oxygens (including phenoxy) is 1. The summed E-state index contributed by atoms with van der Waals surface area (Å²) in [6.45, 7) is 3.82. The molecule has 0 heterocycles. The highest BCUT2D eigenvalue weighted by Gasteiger charge is 2.04. The van der Waals surface area contributed by atoms with E-state index in [0.29, 0.717) is 0 Å². The SMILES string of the molecule is C=CC(CO)Cc1cccc(OC)c1. The van der Waals surface area contributed by atoms with Gasteiger partial charge in [0.25, 0.3) is 0 Å². The molecule has 0 aliphatic rings. The lowest BCUT2D eigenvalue weighted by Gasteiger charge is -2.09. The summed E-state index contributed by atoms with van der Waals surface area (Å²) in [5, 5.41) is 9.01. The number of benzene rings is 1. The van der Waals surface area contributed by atoms with E-state index in [1.54, 1.807) is 13.2 Å². The number of aliphatic hydroxyl groups excluding tert-OH is 1. The van der Waals surface area contributed by atoms with Crippen molar-refractivity contribution >= 4 is 0 Å². The third kappa shape index (κ3) is 2.89. The molecule has 1 atom stereocenters. The maximum Gasteiger partial charge on any atom is 0.119 e. The average Bonchev–Trinajstić information content (AvgIpc) is 2.26. The van der Waals surface area contributed by atoms with Crippen LogP contribution in [0.2, 0.25) is 0 Å². The number of aliphatic hydroxyl groups is 1. The molecule has 0 saturated carbocycles. The number of hydrogen-bond donors (Lipinski definition) is 1. The Morgan fingerprint density at radius 3 is 2.93 bits per heavy atom. The van der Waals surface area contributed by atoms with Crippen LogP contribution < -0.4 is 4.74 Å². The van der Waals surface area contributed by atoms with Crippen LogP contribution in [0.25, 0.3) is 0 Å². The average molecular weight is 192 g/mol. The summed E-state index contributed by atoms with van der Waals surface area (Å²) in [7, 11) is 1.65. The first-order valence-electron chi connectivity index (χ1n) is 4.66. The molecule has 0 fully saturated rings. The van der Waals surface area contributed by atoms with E-state index in [2.05, 4.69) is 6.58 Å². The van der Waals surface area contributed by atoms with E-state index in [1.807, 2.05) is 24.3 Å². The van der Waals surface area contributed by atoms with Crippen molar-refractivity contribution in [3.05, 3.63) is 42.5 Å². The molecule has 0 bridgehead atoms. The van der Waals surface area contributed by atoms with E-state index in [0.717, 1.165) is 17.7 Å². The summed E-state index contributed by atoms with van der Waals surface area (Å²) in [5.41, 5.74) is 1.16. The monoisotopic (exact) mass is 192 g/mol. The van der Waals surface area contributed by atoms with Crippen LogP contribution in [0.5, 0.6) is 5.75 Å². The molecule has 1 aromatic carbocycles. The van der Waals surface area contributed by atoms with Crippen molar-refractivity contribution in [1.29, 1.82) is 0 Å². The van der Waals surface area contributed by atoms with E-state index in [4.69, 9.17) is 9.84 Å². The van der Waals surface area contributed by atoms with Gasteiger partial charge in [-0.05, 0) is 24.1 Å². The second kappa shape index (κ2) is 5.45. The minimum absolute atomic E-state index is 0.127. The fraction of sp³-hybridized carbons (Fsp3) is 0.333. The molecule has 76 valence electrons. The smallest absolute Gasteiger partial charge is 0.119 e. The van der Waals surface area contributed by atoms with E-state index >= 15 is 0 Å². The van der Waals surface area contributed by atoms with Crippen LogP contribution in [0, 0.1) is 5.92 Å². The van der Waals surface area contributed by atoms with Crippen molar-refractivity contribution in [3.63, 3.8) is 0 Å². The second-order valence-electron chi connectivity index (χ2n) is 3.23. The summed E-state index contributed by atoms with van der Waals surface area (Å²) in [4.78, 5) is 0. The first kappa shape index (κ1) is 10.8. The lowest BCUT2D eigenvalue weighted by atomic mass is 10.0. The van der Waals surface area contributed by atoms with Crippen LogP contribution in [0.4, 0.5) is 0 Å². The highest BCUT2D eigenvalue weighted by Crippen LogP contribution is 2.16. The van der Waals surface area contributed by atoms with Crippen LogP contribution in [0.1, 0.15) is 5.56 Å². The van der Waals surface area contributed by atoms with Crippen LogP contribution in [0.3, 0.4) is 0 Å². The molecular formula is C12H16O2. The quantitative estimate of drug-likeness (QED) is 0.723. The molecule has 2 heteroatoms. The molecule has 0 spiro atoms. The number of rotatable bonds is 5. The first-order valence-corrected chi connectivity index (χ1v) is 4.66. The molecule has 0 aliphatic heterocycles. The first-order chi connectivity index (χ1) is 6.80. The van der Waals surface area contributed by atoms with Crippen LogP contribution in [-0.2, 0) is 6.42 Å². The van der Waals surface area contributed by atoms with Crippen molar-refractivity contribution < 1.29 is 9.84 Å². The third-order valence-corrected chi connectivity index (χ3v) is 2.20. The van der Waals surface area contributed by atoms with E-state index in [9.17, 15) is 0 Å². The van der Waals surface area contributed by atoms with E-state index in [-0.39, 0.29) is 12.5 Å². The third-order valence-electron chi connectivity index (χ3n) is 2.20. The Hall–Kier alpha value is -1.28. The van der Waals surface area contributed by atoms with E-state index < -0.39 is 0 Å². The lowest BCUT2D eigenvalue weighted by Crippen LogP contribution is -2.05. The zero-order valence-electron chi connectivity index (χ0n) is 8.44. The Kier molecular flexibility index (Phi) is 4.20. The van der Waals surface area contributed by atoms with Gasteiger partial charge < -0.3 is 9.84 Å². The minimum atomic E-state index is 0.127. The van der Waals surface area contributed by atoms with Gasteiger partial charge in [-0.2, -0.15) is 0 Å². The van der Waals surface area contributed by atoms with Crippen molar-refractivity contribution in [1.82, 2.24) is 0 Å². The van der Waals surface area contributed by atoms with Gasteiger partial charge in [0.05, 0.1) is 7.11 Å². The van der Waals surface area contributed by atoms with Gasteiger partial charge in [-0.3, -0.25) is 0 Å². The highest BCUT2D eigenvalue weighted by atomic mass is 16.5. The summed E-state index contributed by atoms with van der Waals surface area (Å²) in [6.07, 6.45) is 2.58. The van der Waals surface area contributed by atoms with Crippen molar-refractivity contribution in [3.8, 4) is 5.75 Å². The van der Waals surface area contributed by atoms with Crippen molar-refractivity contribution in [2.24, 2.45) is 5.92 Å². The summed E-state index contributed by atoms with van der Waals surface area (Å²) < 4.78 is 5.12. The molecule has 1 rings (SSSR count). The van der Waals surface area contributed by atoms with Gasteiger partial charge in [0, 0.05) is 12.5 Å². The largest absolute Gasteiger partial charge is 0.497 e. The van der Waals surface area contributed by atoms with Gasteiger partial charge in [-0.25, -0.2) is 0 Å². The predicted molar refractivity (Wildman–Crippen MR) is 57.5 cm³/mol. The maximum atomic E-state index is 9.01. The van der Waals surface area contributed by atoms with Gasteiger partial charge in [0.15, 0.2) is 0 Å². The molecule has 1 N–H and O–H groups in total. The highest BCUT2D eigenvalue weighted by molar-refractivity contribution is 5.28. The zero-order chi connectivity index (χ0) is 10.4. The molecule has 0 aliphatic carbocycles. The lowest BCUT2D eigenvalue weighted by molar-refractivity contribution is 0.252. The fourth-order valence-electron chi connectivity index (χ4n) is 1.32. The predicted octanol–water partition coefficient (Wildman–Crippen LogP) is 2.03. The van der Waals surface area contributed by atoms with Gasteiger partial charge >= 0.3 is 0 Å². The van der Waals surface area contributed by atoms with Crippen molar-refractivity contribution in [2.75, 3.05) is 13.7 Å². The van der Waals surface area contributed by atoms with Crippen LogP contribution >= 0.6 is 0 Å². The Balaban J connectivity index is 2.70. The van der Waals surface area contributed by atoms with Gasteiger partial charge in [0.2, 0.25) is 0 Å². The summed E-state index contributed by atoms with van der Waals surface area (Å²) in [5.74, 6) is 0.977. The van der Waals surface area contributed by atoms with Gasteiger partial charge in [-0.1, -0.05) is 18.2 Å². The fourth-order valence-corrected chi connectivity index (χ4v) is 1.32. The molecule has 0 radical (unpaired) electrons. The maximum absolute atomic E-state index is 9.01. The van der Waals surface area contributed by atoms with E-state index in [1.165, 1.54) is 0 Å². The summed E-state index contributed by atoms with van der Waals surface area (Å²) in [6, 6.07) is 7.86. The minimum Gasteiger partial charge on any atom is -0.497 e. The topological polar surface area (TPSA) is 29.5 Å². The Morgan fingerprint density at radius 2 is 2.36 bits per heavy atom. The Bertz CT molecular complexity index is 294. The molecule has 0 aromatic heterocycles. The Morgan fingerprint density at radius 1 is 1.57 bits per heavy atom. The molecule has 1 unspecified atom stereocenters. The molecule has 14 heavy (non-hydrogen) atoms. The number of methoxy groups -OCH3 is 1. The van der Waals surface area contributed by atoms with Crippen LogP contribution in [-0.4, -0.2) is 18.8 Å². The Labute approximate surface area is 84.8 Å². The standard InChI is InChI=1S/C12H16O2/c1-3-10(9-13)7-11-5-4-6-12(8-11)14-2/h3-6,8,10,13H,1,7,9H2,2H3. The molecule has 2 nitrogen and oxygen atoms in total. The zero-order valence-corrected chi connectivity index (χ0v) is 8.44.